The Morgan fingerprint density at radius 1 is 1.41 bits per heavy atom. The second-order valence-electron chi connectivity index (χ2n) is 3.98. The van der Waals surface area contributed by atoms with E-state index in [1.54, 1.807) is 17.5 Å². The van der Waals surface area contributed by atoms with Crippen molar-refractivity contribution in [1.29, 1.82) is 0 Å². The third-order valence-corrected chi connectivity index (χ3v) is 3.73. The molecule has 0 radical (unpaired) electrons. The Morgan fingerprint density at radius 2 is 2.29 bits per heavy atom. The number of aromatic nitrogens is 3. The Labute approximate surface area is 103 Å². The van der Waals surface area contributed by atoms with Gasteiger partial charge in [-0.1, -0.05) is 0 Å². The highest BCUT2D eigenvalue weighted by Gasteiger charge is 2.10. The van der Waals surface area contributed by atoms with Crippen LogP contribution in [0.1, 0.15) is 11.1 Å². The van der Waals surface area contributed by atoms with Crippen molar-refractivity contribution in [2.45, 2.75) is 13.5 Å². The summed E-state index contributed by atoms with van der Waals surface area (Å²) in [5.74, 6) is 0.518. The van der Waals surface area contributed by atoms with Crippen molar-refractivity contribution >= 4 is 28.4 Å². The molecule has 0 unspecified atom stereocenters. The highest BCUT2D eigenvalue weighted by atomic mass is 32.1. The van der Waals surface area contributed by atoms with Crippen LogP contribution in [0.5, 0.6) is 0 Å². The molecule has 0 aliphatic rings. The van der Waals surface area contributed by atoms with Gasteiger partial charge in [0.15, 0.2) is 5.65 Å². The van der Waals surface area contributed by atoms with E-state index in [9.17, 15) is 0 Å². The topological polar surface area (TPSA) is 56.7 Å². The van der Waals surface area contributed by atoms with E-state index in [1.165, 1.54) is 11.1 Å². The van der Waals surface area contributed by atoms with Crippen LogP contribution in [0, 0.1) is 6.92 Å². The molecule has 0 aliphatic heterocycles. The summed E-state index contributed by atoms with van der Waals surface area (Å²) in [6.07, 6.45) is 1.76. The maximum absolute atomic E-state index is 5.94. The van der Waals surface area contributed by atoms with E-state index in [-0.39, 0.29) is 0 Å². The molecule has 3 aromatic heterocycles. The maximum atomic E-state index is 5.94. The first-order chi connectivity index (χ1) is 8.25. The molecule has 0 saturated heterocycles. The summed E-state index contributed by atoms with van der Waals surface area (Å²) in [5.41, 5.74) is 10.2. The highest BCUT2D eigenvalue weighted by molar-refractivity contribution is 7.08. The minimum Gasteiger partial charge on any atom is -0.369 e. The zero-order valence-electron chi connectivity index (χ0n) is 9.42. The number of pyridine rings is 1. The van der Waals surface area contributed by atoms with Crippen molar-refractivity contribution in [1.82, 2.24) is 14.5 Å². The van der Waals surface area contributed by atoms with Gasteiger partial charge in [-0.3, -0.25) is 4.57 Å². The monoisotopic (exact) mass is 244 g/mol. The number of imidazole rings is 1. The standard InChI is InChI=1S/C12H12N4S/c1-8-6-17-7-9(8)5-16-11-10(15-12(16)13)3-2-4-14-11/h2-4,6-7H,5H2,1H3,(H2,13,15). The molecular weight excluding hydrogens is 232 g/mol. The molecule has 0 atom stereocenters. The molecule has 86 valence electrons. The number of rotatable bonds is 2. The van der Waals surface area contributed by atoms with Crippen LogP contribution < -0.4 is 5.73 Å². The Kier molecular flexibility index (Phi) is 2.33. The number of fused-ring (bicyclic) bond motifs is 1. The number of nitrogens with zero attached hydrogens (tertiary/aromatic N) is 3. The van der Waals surface area contributed by atoms with Gasteiger partial charge in [0.25, 0.3) is 0 Å². The molecule has 3 heterocycles. The first-order valence-electron chi connectivity index (χ1n) is 5.34. The molecule has 0 amide bonds. The summed E-state index contributed by atoms with van der Waals surface area (Å²) in [7, 11) is 0. The number of hydrogen-bond donors (Lipinski definition) is 1. The van der Waals surface area contributed by atoms with E-state index in [2.05, 4.69) is 27.7 Å². The van der Waals surface area contributed by atoms with Gasteiger partial charge in [-0.25, -0.2) is 9.97 Å². The fraction of sp³-hybridized carbons (Fsp3) is 0.167. The number of thiophene rings is 1. The number of anilines is 1. The normalized spacial score (nSPS) is 11.1. The first kappa shape index (κ1) is 10.3. The van der Waals surface area contributed by atoms with Crippen molar-refractivity contribution in [3.8, 4) is 0 Å². The van der Waals surface area contributed by atoms with Crippen molar-refractivity contribution in [3.05, 3.63) is 40.2 Å². The third kappa shape index (κ3) is 1.68. The lowest BCUT2D eigenvalue weighted by atomic mass is 10.2. The summed E-state index contributed by atoms with van der Waals surface area (Å²) in [4.78, 5) is 8.64. The van der Waals surface area contributed by atoms with Crippen molar-refractivity contribution in [3.63, 3.8) is 0 Å². The molecule has 2 N–H and O–H groups in total. The number of nitrogen functional groups attached to an aromatic ring is 1. The maximum Gasteiger partial charge on any atom is 0.202 e. The van der Waals surface area contributed by atoms with E-state index in [0.29, 0.717) is 5.95 Å². The minimum atomic E-state index is 0.518. The molecule has 0 saturated carbocycles. The Hall–Kier alpha value is -1.88. The predicted molar refractivity (Wildman–Crippen MR) is 70.1 cm³/mol. The fourth-order valence-corrected chi connectivity index (χ4v) is 2.70. The van der Waals surface area contributed by atoms with Gasteiger partial charge < -0.3 is 5.73 Å². The van der Waals surface area contributed by atoms with E-state index in [4.69, 9.17) is 5.73 Å². The smallest absolute Gasteiger partial charge is 0.202 e. The Morgan fingerprint density at radius 3 is 3.06 bits per heavy atom. The van der Waals surface area contributed by atoms with Crippen molar-refractivity contribution in [2.75, 3.05) is 5.73 Å². The molecule has 17 heavy (non-hydrogen) atoms. The molecule has 0 aromatic carbocycles. The first-order valence-corrected chi connectivity index (χ1v) is 6.28. The van der Waals surface area contributed by atoms with Crippen molar-refractivity contribution in [2.24, 2.45) is 0 Å². The molecule has 3 aromatic rings. The second kappa shape index (κ2) is 3.85. The zero-order chi connectivity index (χ0) is 11.8. The number of aryl methyl sites for hydroxylation is 1. The average Bonchev–Trinajstić information content (AvgIpc) is 2.85. The molecular formula is C12H12N4S. The van der Waals surface area contributed by atoms with Gasteiger partial charge in [0.2, 0.25) is 5.95 Å². The van der Waals surface area contributed by atoms with E-state index >= 15 is 0 Å². The fourth-order valence-electron chi connectivity index (χ4n) is 1.85. The van der Waals surface area contributed by atoms with Crippen LogP contribution >= 0.6 is 11.3 Å². The van der Waals surface area contributed by atoms with Crippen molar-refractivity contribution < 1.29 is 0 Å². The van der Waals surface area contributed by atoms with Crippen LogP contribution in [0.4, 0.5) is 5.95 Å². The molecule has 0 aliphatic carbocycles. The van der Waals surface area contributed by atoms with Crippen LogP contribution in [0.3, 0.4) is 0 Å². The van der Waals surface area contributed by atoms with E-state index in [0.717, 1.165) is 17.7 Å². The lowest BCUT2D eigenvalue weighted by Gasteiger charge is -2.05. The SMILES string of the molecule is Cc1cscc1Cn1c(N)nc2cccnc21. The lowest BCUT2D eigenvalue weighted by Crippen LogP contribution is -2.05. The van der Waals surface area contributed by atoms with Crippen LogP contribution in [-0.4, -0.2) is 14.5 Å². The predicted octanol–water partition coefficient (Wildman–Crippen LogP) is 2.43. The van der Waals surface area contributed by atoms with Crippen LogP contribution in [0.15, 0.2) is 29.1 Å². The largest absolute Gasteiger partial charge is 0.369 e. The molecule has 0 bridgehead atoms. The summed E-state index contributed by atoms with van der Waals surface area (Å²) in [6, 6.07) is 3.80. The van der Waals surface area contributed by atoms with Crippen LogP contribution in [-0.2, 0) is 6.54 Å². The van der Waals surface area contributed by atoms with Gasteiger partial charge in [-0.05, 0) is 40.9 Å². The molecule has 3 rings (SSSR count). The van der Waals surface area contributed by atoms with Gasteiger partial charge in [-0.2, -0.15) is 11.3 Å². The van der Waals surface area contributed by atoms with Gasteiger partial charge in [0.1, 0.15) is 5.52 Å². The van der Waals surface area contributed by atoms with Crippen LogP contribution in [0.25, 0.3) is 11.2 Å². The van der Waals surface area contributed by atoms with Gasteiger partial charge >= 0.3 is 0 Å². The molecule has 5 heteroatoms. The summed E-state index contributed by atoms with van der Waals surface area (Å²) in [6.45, 7) is 2.84. The quantitative estimate of drug-likeness (QED) is 0.753. The zero-order valence-corrected chi connectivity index (χ0v) is 10.2. The summed E-state index contributed by atoms with van der Waals surface area (Å²) < 4.78 is 1.95. The summed E-state index contributed by atoms with van der Waals surface area (Å²) >= 11 is 1.70. The Balaban J connectivity index is 2.11. The average molecular weight is 244 g/mol. The van der Waals surface area contributed by atoms with Gasteiger partial charge in [-0.15, -0.1) is 0 Å². The number of hydrogen-bond acceptors (Lipinski definition) is 4. The summed E-state index contributed by atoms with van der Waals surface area (Å²) in [5, 5.41) is 4.28. The van der Waals surface area contributed by atoms with E-state index in [1.807, 2.05) is 16.7 Å². The van der Waals surface area contributed by atoms with Gasteiger partial charge in [0, 0.05) is 6.20 Å². The van der Waals surface area contributed by atoms with Gasteiger partial charge in [0.05, 0.1) is 6.54 Å². The van der Waals surface area contributed by atoms with E-state index < -0.39 is 0 Å². The minimum absolute atomic E-state index is 0.518. The second-order valence-corrected chi connectivity index (χ2v) is 4.73. The molecule has 0 spiro atoms. The lowest BCUT2D eigenvalue weighted by molar-refractivity contribution is 0.826. The third-order valence-electron chi connectivity index (χ3n) is 2.82. The highest BCUT2D eigenvalue weighted by Crippen LogP contribution is 2.20. The Bertz CT molecular complexity index is 668. The molecule has 4 nitrogen and oxygen atoms in total. The molecule has 0 fully saturated rings. The number of nitrogens with two attached hydrogens (primary N) is 1. The van der Waals surface area contributed by atoms with Crippen LogP contribution in [0.2, 0.25) is 0 Å².